The number of aromatic hydroxyl groups is 1. The Morgan fingerprint density at radius 1 is 1.20 bits per heavy atom. The number of phenolic OH excluding ortho intramolecular Hbond substituents is 1. The number of hydrogen-bond acceptors (Lipinski definition) is 3. The van der Waals surface area contributed by atoms with Gasteiger partial charge in [-0.15, -0.1) is 0 Å². The number of hydrogen-bond donors (Lipinski definition) is 2. The summed E-state index contributed by atoms with van der Waals surface area (Å²) in [6.07, 6.45) is 0. The van der Waals surface area contributed by atoms with Crippen molar-refractivity contribution in [3.8, 4) is 11.5 Å². The van der Waals surface area contributed by atoms with E-state index in [4.69, 9.17) is 4.74 Å². The van der Waals surface area contributed by atoms with E-state index in [1.165, 1.54) is 9.13 Å². The highest BCUT2D eigenvalue weighted by Crippen LogP contribution is 2.30. The van der Waals surface area contributed by atoms with Crippen molar-refractivity contribution in [2.24, 2.45) is 0 Å². The fourth-order valence-corrected chi connectivity index (χ4v) is 2.49. The molecule has 0 spiro atoms. The summed E-state index contributed by atoms with van der Waals surface area (Å²) in [6.45, 7) is 4.18. The Morgan fingerprint density at radius 3 is 2.60 bits per heavy atom. The molecule has 1 atom stereocenters. The van der Waals surface area contributed by atoms with Gasteiger partial charge in [-0.3, -0.25) is 0 Å². The second kappa shape index (κ2) is 6.35. The van der Waals surface area contributed by atoms with Gasteiger partial charge in [0.1, 0.15) is 0 Å². The Hall–Kier alpha value is -1.43. The van der Waals surface area contributed by atoms with Gasteiger partial charge in [0.25, 0.3) is 0 Å². The maximum absolute atomic E-state index is 9.63. The van der Waals surface area contributed by atoms with Crippen molar-refractivity contribution in [1.82, 2.24) is 0 Å². The van der Waals surface area contributed by atoms with Crippen molar-refractivity contribution in [2.75, 3.05) is 12.4 Å². The molecule has 0 saturated carbocycles. The summed E-state index contributed by atoms with van der Waals surface area (Å²) in [7, 11) is 1.55. The van der Waals surface area contributed by atoms with Crippen LogP contribution >= 0.6 is 22.6 Å². The van der Waals surface area contributed by atoms with Crippen LogP contribution in [0.2, 0.25) is 0 Å². The van der Waals surface area contributed by atoms with Gasteiger partial charge in [0.05, 0.1) is 7.11 Å². The zero-order chi connectivity index (χ0) is 14.7. The van der Waals surface area contributed by atoms with E-state index in [0.717, 1.165) is 11.3 Å². The number of methoxy groups -OCH3 is 1. The van der Waals surface area contributed by atoms with Crippen LogP contribution in [0.25, 0.3) is 0 Å². The lowest BCUT2D eigenvalue weighted by molar-refractivity contribution is 0.373. The Balaban J connectivity index is 2.19. The number of anilines is 1. The van der Waals surface area contributed by atoms with Crippen molar-refractivity contribution in [1.29, 1.82) is 0 Å². The van der Waals surface area contributed by atoms with Gasteiger partial charge >= 0.3 is 0 Å². The summed E-state index contributed by atoms with van der Waals surface area (Å²) in [5.74, 6) is 0.656. The lowest BCUT2D eigenvalue weighted by Gasteiger charge is -2.17. The molecule has 4 heteroatoms. The van der Waals surface area contributed by atoms with E-state index >= 15 is 0 Å². The maximum Gasteiger partial charge on any atom is 0.160 e. The summed E-state index contributed by atoms with van der Waals surface area (Å²) in [5, 5.41) is 13.1. The van der Waals surface area contributed by atoms with Crippen molar-refractivity contribution < 1.29 is 9.84 Å². The van der Waals surface area contributed by atoms with Crippen LogP contribution in [0.4, 0.5) is 5.69 Å². The minimum absolute atomic E-state index is 0.128. The van der Waals surface area contributed by atoms with Gasteiger partial charge in [-0.05, 0) is 71.8 Å². The molecular weight excluding hydrogens is 365 g/mol. The standard InChI is InChI=1S/C16H18INO2/c1-10-4-6-13(9-14(10)17)18-11(2)12-5-7-15(19)16(8-12)20-3/h4-9,11,18-19H,1-3H3. The Kier molecular flexibility index (Phi) is 4.75. The topological polar surface area (TPSA) is 41.5 Å². The third kappa shape index (κ3) is 3.36. The van der Waals surface area contributed by atoms with Crippen molar-refractivity contribution >= 4 is 28.3 Å². The van der Waals surface area contributed by atoms with E-state index < -0.39 is 0 Å². The number of benzene rings is 2. The highest BCUT2D eigenvalue weighted by Gasteiger charge is 2.09. The first-order chi connectivity index (χ1) is 9.51. The molecule has 20 heavy (non-hydrogen) atoms. The summed E-state index contributed by atoms with van der Waals surface area (Å²) in [4.78, 5) is 0. The van der Waals surface area contributed by atoms with Crippen LogP contribution in [0.15, 0.2) is 36.4 Å². The van der Waals surface area contributed by atoms with Gasteiger partial charge in [0.15, 0.2) is 11.5 Å². The predicted molar refractivity (Wildman–Crippen MR) is 90.6 cm³/mol. The molecule has 2 N–H and O–H groups in total. The minimum Gasteiger partial charge on any atom is -0.504 e. The molecule has 0 heterocycles. The Labute approximate surface area is 133 Å². The SMILES string of the molecule is COc1cc(C(C)Nc2ccc(C)c(I)c2)ccc1O. The van der Waals surface area contributed by atoms with Crippen molar-refractivity contribution in [2.45, 2.75) is 19.9 Å². The first kappa shape index (κ1) is 15.0. The molecule has 0 radical (unpaired) electrons. The molecule has 0 aliphatic rings. The van der Waals surface area contributed by atoms with Crippen LogP contribution in [-0.4, -0.2) is 12.2 Å². The predicted octanol–water partition coefficient (Wildman–Crippen LogP) is 4.49. The maximum atomic E-state index is 9.63. The molecule has 3 nitrogen and oxygen atoms in total. The van der Waals surface area contributed by atoms with E-state index in [1.807, 2.05) is 12.1 Å². The van der Waals surface area contributed by atoms with E-state index in [2.05, 4.69) is 60.0 Å². The summed E-state index contributed by atoms with van der Waals surface area (Å²) in [6, 6.07) is 11.8. The molecule has 0 bridgehead atoms. The monoisotopic (exact) mass is 383 g/mol. The van der Waals surface area contributed by atoms with Gasteiger partial charge in [0, 0.05) is 15.3 Å². The van der Waals surface area contributed by atoms with E-state index in [-0.39, 0.29) is 11.8 Å². The number of halogens is 1. The molecule has 0 aliphatic heterocycles. The van der Waals surface area contributed by atoms with Crippen LogP contribution in [0.5, 0.6) is 11.5 Å². The lowest BCUT2D eigenvalue weighted by Crippen LogP contribution is -2.07. The highest BCUT2D eigenvalue weighted by atomic mass is 127. The van der Waals surface area contributed by atoms with Crippen LogP contribution < -0.4 is 10.1 Å². The molecule has 0 amide bonds. The summed E-state index contributed by atoms with van der Waals surface area (Å²) < 4.78 is 6.38. The molecule has 0 aliphatic carbocycles. The average molecular weight is 383 g/mol. The van der Waals surface area contributed by atoms with E-state index in [0.29, 0.717) is 5.75 Å². The van der Waals surface area contributed by atoms with Gasteiger partial charge in [0.2, 0.25) is 0 Å². The Bertz CT molecular complexity index is 613. The molecule has 0 fully saturated rings. The zero-order valence-corrected chi connectivity index (χ0v) is 13.9. The second-order valence-electron chi connectivity index (χ2n) is 4.76. The normalized spacial score (nSPS) is 12.0. The number of phenols is 1. The summed E-state index contributed by atoms with van der Waals surface area (Å²) >= 11 is 2.33. The van der Waals surface area contributed by atoms with Crippen LogP contribution in [0, 0.1) is 10.5 Å². The fraction of sp³-hybridized carbons (Fsp3) is 0.250. The van der Waals surface area contributed by atoms with Gasteiger partial charge in [-0.25, -0.2) is 0 Å². The number of aryl methyl sites for hydroxylation is 1. The molecule has 0 aromatic heterocycles. The van der Waals surface area contributed by atoms with Crippen molar-refractivity contribution in [3.05, 3.63) is 51.1 Å². The molecular formula is C16H18INO2. The molecule has 106 valence electrons. The molecule has 1 unspecified atom stereocenters. The third-order valence-electron chi connectivity index (χ3n) is 3.26. The average Bonchev–Trinajstić information content (AvgIpc) is 2.43. The first-order valence-corrected chi connectivity index (χ1v) is 7.48. The largest absolute Gasteiger partial charge is 0.504 e. The van der Waals surface area contributed by atoms with Crippen LogP contribution in [0.1, 0.15) is 24.1 Å². The number of nitrogens with one attached hydrogen (secondary N) is 1. The van der Waals surface area contributed by atoms with Gasteiger partial charge < -0.3 is 15.2 Å². The molecule has 0 saturated heterocycles. The number of ether oxygens (including phenoxy) is 1. The molecule has 2 rings (SSSR count). The quantitative estimate of drug-likeness (QED) is 0.765. The second-order valence-corrected chi connectivity index (χ2v) is 5.92. The first-order valence-electron chi connectivity index (χ1n) is 6.41. The van der Waals surface area contributed by atoms with Gasteiger partial charge in [-0.1, -0.05) is 12.1 Å². The lowest BCUT2D eigenvalue weighted by atomic mass is 10.1. The minimum atomic E-state index is 0.128. The van der Waals surface area contributed by atoms with Crippen LogP contribution in [0.3, 0.4) is 0 Å². The van der Waals surface area contributed by atoms with Gasteiger partial charge in [-0.2, -0.15) is 0 Å². The molecule has 2 aromatic rings. The van der Waals surface area contributed by atoms with E-state index in [9.17, 15) is 5.11 Å². The fourth-order valence-electron chi connectivity index (χ4n) is 1.98. The van der Waals surface area contributed by atoms with E-state index in [1.54, 1.807) is 13.2 Å². The molecule has 2 aromatic carbocycles. The van der Waals surface area contributed by atoms with Crippen LogP contribution in [-0.2, 0) is 0 Å². The zero-order valence-electron chi connectivity index (χ0n) is 11.8. The Morgan fingerprint density at radius 2 is 1.95 bits per heavy atom. The smallest absolute Gasteiger partial charge is 0.160 e. The number of rotatable bonds is 4. The van der Waals surface area contributed by atoms with Crippen molar-refractivity contribution in [3.63, 3.8) is 0 Å². The summed E-state index contributed by atoms with van der Waals surface area (Å²) in [5.41, 5.74) is 3.42. The highest BCUT2D eigenvalue weighted by molar-refractivity contribution is 14.1. The third-order valence-corrected chi connectivity index (χ3v) is 4.42.